The number of carboxylic acid groups (broad SMARTS) is 1. The largest absolute Gasteiger partial charge is 0.465 e. The van der Waals surface area contributed by atoms with E-state index >= 15 is 0 Å². The van der Waals surface area contributed by atoms with Crippen molar-refractivity contribution in [3.63, 3.8) is 0 Å². The molecule has 1 atom stereocenters. The van der Waals surface area contributed by atoms with Crippen LogP contribution >= 0.6 is 15.9 Å². The highest BCUT2D eigenvalue weighted by molar-refractivity contribution is 9.12. The van der Waals surface area contributed by atoms with Crippen LogP contribution in [-0.4, -0.2) is 43.0 Å². The van der Waals surface area contributed by atoms with Gasteiger partial charge in [-0.15, -0.1) is 0 Å². The first-order valence-electron chi connectivity index (χ1n) is 6.05. The Morgan fingerprint density at radius 3 is 2.47 bits per heavy atom. The van der Waals surface area contributed by atoms with Gasteiger partial charge in [0.2, 0.25) is 0 Å². The molecule has 7 heteroatoms. The third kappa shape index (κ3) is 3.46. The Morgan fingerprint density at radius 2 is 2.05 bits per heavy atom. The van der Waals surface area contributed by atoms with E-state index in [2.05, 4.69) is 49.8 Å². The molecule has 0 bridgehead atoms. The van der Waals surface area contributed by atoms with Gasteiger partial charge < -0.3 is 9.53 Å². The standard InChI is InChI=1S/C12H20BrNO4Si/c1-12(2,3)19(4,5)18-7-8-6-9(13)10(15)14(8)11(16)17/h6,8H,7H2,1-5H3,(H,16,17)/t8-/m1/s1. The van der Waals surface area contributed by atoms with Gasteiger partial charge in [-0.05, 0) is 40.1 Å². The van der Waals surface area contributed by atoms with Crippen LogP contribution in [0.15, 0.2) is 10.6 Å². The molecule has 0 radical (unpaired) electrons. The third-order valence-corrected chi connectivity index (χ3v) is 8.82. The molecule has 0 aromatic heterocycles. The molecule has 2 amide bonds. The zero-order chi connectivity index (χ0) is 15.0. The van der Waals surface area contributed by atoms with E-state index in [-0.39, 0.29) is 16.1 Å². The van der Waals surface area contributed by atoms with Crippen LogP contribution < -0.4 is 0 Å². The molecule has 0 aromatic carbocycles. The first-order chi connectivity index (χ1) is 8.47. The SMILES string of the molecule is CC(C)(C)[Si](C)(C)OC[C@H]1C=C(Br)C(=O)N1C(=O)O. The minimum atomic E-state index is -1.96. The van der Waals surface area contributed by atoms with Crippen LogP contribution in [0.5, 0.6) is 0 Å². The summed E-state index contributed by atoms with van der Waals surface area (Å²) in [5.41, 5.74) is 0. The monoisotopic (exact) mass is 349 g/mol. The molecular formula is C12H20BrNO4Si. The number of halogens is 1. The molecule has 0 spiro atoms. The molecule has 1 aliphatic heterocycles. The van der Waals surface area contributed by atoms with Crippen LogP contribution in [0, 0.1) is 0 Å². The van der Waals surface area contributed by atoms with Crippen molar-refractivity contribution in [2.45, 2.75) is 44.9 Å². The fraction of sp³-hybridized carbons (Fsp3) is 0.667. The van der Waals surface area contributed by atoms with E-state index in [9.17, 15) is 9.59 Å². The summed E-state index contributed by atoms with van der Waals surface area (Å²) < 4.78 is 6.25. The van der Waals surface area contributed by atoms with Gasteiger partial charge in [-0.3, -0.25) is 4.79 Å². The zero-order valence-electron chi connectivity index (χ0n) is 11.9. The second kappa shape index (κ2) is 5.38. The van der Waals surface area contributed by atoms with Crippen molar-refractivity contribution >= 4 is 36.2 Å². The summed E-state index contributed by atoms with van der Waals surface area (Å²) in [5, 5.41) is 9.11. The Balaban J connectivity index is 2.78. The van der Waals surface area contributed by atoms with Crippen LogP contribution in [0.4, 0.5) is 4.79 Å². The topological polar surface area (TPSA) is 66.8 Å². The second-order valence-electron chi connectivity index (χ2n) is 6.11. The molecule has 0 saturated heterocycles. The van der Waals surface area contributed by atoms with Crippen LogP contribution in [-0.2, 0) is 9.22 Å². The third-order valence-electron chi connectivity index (χ3n) is 3.72. The Kier molecular flexibility index (Phi) is 4.64. The number of carbonyl (C=O) groups is 2. The molecule has 19 heavy (non-hydrogen) atoms. The van der Waals surface area contributed by atoms with E-state index in [1.54, 1.807) is 6.08 Å². The lowest BCUT2D eigenvalue weighted by molar-refractivity contribution is -0.124. The zero-order valence-corrected chi connectivity index (χ0v) is 14.4. The summed E-state index contributed by atoms with van der Waals surface area (Å²) in [6.45, 7) is 10.7. The predicted molar refractivity (Wildman–Crippen MR) is 78.8 cm³/mol. The number of rotatable bonds is 3. The van der Waals surface area contributed by atoms with Crippen molar-refractivity contribution in [2.75, 3.05) is 6.61 Å². The van der Waals surface area contributed by atoms with Crippen LogP contribution in [0.2, 0.25) is 18.1 Å². The maximum Gasteiger partial charge on any atom is 0.414 e. The van der Waals surface area contributed by atoms with Gasteiger partial charge >= 0.3 is 6.09 Å². The van der Waals surface area contributed by atoms with E-state index in [1.165, 1.54) is 0 Å². The highest BCUT2D eigenvalue weighted by Crippen LogP contribution is 2.37. The van der Waals surface area contributed by atoms with Gasteiger partial charge in [-0.1, -0.05) is 20.8 Å². The first-order valence-corrected chi connectivity index (χ1v) is 9.75. The number of imide groups is 1. The molecule has 0 unspecified atom stereocenters. The lowest BCUT2D eigenvalue weighted by Crippen LogP contribution is -2.46. The van der Waals surface area contributed by atoms with Gasteiger partial charge in [0.25, 0.3) is 5.91 Å². The van der Waals surface area contributed by atoms with Gasteiger partial charge in [0.15, 0.2) is 8.32 Å². The lowest BCUT2D eigenvalue weighted by atomic mass is 10.2. The molecule has 5 nitrogen and oxygen atoms in total. The molecular weight excluding hydrogens is 330 g/mol. The molecule has 1 N–H and O–H groups in total. The van der Waals surface area contributed by atoms with Gasteiger partial charge in [-0.2, -0.15) is 0 Å². The number of hydrogen-bond donors (Lipinski definition) is 1. The highest BCUT2D eigenvalue weighted by Gasteiger charge is 2.41. The average Bonchev–Trinajstić information content (AvgIpc) is 2.50. The number of amides is 2. The van der Waals surface area contributed by atoms with Crippen molar-refractivity contribution in [1.82, 2.24) is 4.90 Å². The Labute approximate surface area is 122 Å². The van der Waals surface area contributed by atoms with Crippen molar-refractivity contribution in [3.05, 3.63) is 10.6 Å². The summed E-state index contributed by atoms with van der Waals surface area (Å²) in [6, 6.07) is -0.548. The van der Waals surface area contributed by atoms with E-state index in [4.69, 9.17) is 9.53 Å². The van der Waals surface area contributed by atoms with E-state index in [1.807, 2.05) is 0 Å². The molecule has 1 aliphatic rings. The Morgan fingerprint density at radius 1 is 1.53 bits per heavy atom. The summed E-state index contributed by atoms with van der Waals surface area (Å²) in [6.07, 6.45) is 0.336. The first kappa shape index (κ1) is 16.4. The van der Waals surface area contributed by atoms with Crippen LogP contribution in [0.25, 0.3) is 0 Å². The molecule has 0 fully saturated rings. The fourth-order valence-corrected chi connectivity index (χ4v) is 2.96. The lowest BCUT2D eigenvalue weighted by Gasteiger charge is -2.37. The summed E-state index contributed by atoms with van der Waals surface area (Å²) in [5.74, 6) is -0.531. The maximum absolute atomic E-state index is 11.7. The van der Waals surface area contributed by atoms with Gasteiger partial charge in [0, 0.05) is 0 Å². The van der Waals surface area contributed by atoms with Gasteiger partial charge in [-0.25, -0.2) is 9.69 Å². The highest BCUT2D eigenvalue weighted by atomic mass is 79.9. The van der Waals surface area contributed by atoms with Crippen LogP contribution in [0.3, 0.4) is 0 Å². The summed E-state index contributed by atoms with van der Waals surface area (Å²) in [7, 11) is -1.96. The van der Waals surface area contributed by atoms with Crippen molar-refractivity contribution < 1.29 is 19.1 Å². The normalized spacial score (nSPS) is 20.7. The van der Waals surface area contributed by atoms with Crippen molar-refractivity contribution in [2.24, 2.45) is 0 Å². The number of nitrogens with zero attached hydrogens (tertiary/aromatic N) is 1. The summed E-state index contributed by atoms with van der Waals surface area (Å²) >= 11 is 3.08. The Bertz CT molecular complexity index is 428. The molecule has 0 aliphatic carbocycles. The molecule has 0 aromatic rings. The van der Waals surface area contributed by atoms with E-state index in [0.29, 0.717) is 0 Å². The van der Waals surface area contributed by atoms with E-state index in [0.717, 1.165) is 4.90 Å². The predicted octanol–water partition coefficient (Wildman–Crippen LogP) is 3.18. The van der Waals surface area contributed by atoms with E-state index < -0.39 is 26.4 Å². The molecule has 1 rings (SSSR count). The second-order valence-corrected chi connectivity index (χ2v) is 11.8. The van der Waals surface area contributed by atoms with Crippen molar-refractivity contribution in [3.8, 4) is 0 Å². The minimum absolute atomic E-state index is 0.0462. The number of hydrogen-bond acceptors (Lipinski definition) is 3. The summed E-state index contributed by atoms with van der Waals surface area (Å²) in [4.78, 5) is 23.6. The smallest absolute Gasteiger partial charge is 0.414 e. The maximum atomic E-state index is 11.7. The average molecular weight is 350 g/mol. The van der Waals surface area contributed by atoms with Gasteiger partial charge in [0.05, 0.1) is 17.1 Å². The molecule has 0 saturated carbocycles. The van der Waals surface area contributed by atoms with Crippen LogP contribution in [0.1, 0.15) is 20.8 Å². The Hall–Kier alpha value is -0.663. The number of carbonyl (C=O) groups excluding carboxylic acids is 1. The quantitative estimate of drug-likeness (QED) is 0.794. The fourth-order valence-electron chi connectivity index (χ4n) is 1.44. The minimum Gasteiger partial charge on any atom is -0.465 e. The van der Waals surface area contributed by atoms with Gasteiger partial charge in [0.1, 0.15) is 0 Å². The molecule has 108 valence electrons. The van der Waals surface area contributed by atoms with Crippen molar-refractivity contribution in [1.29, 1.82) is 0 Å². The molecule has 1 heterocycles.